The van der Waals surface area contributed by atoms with Crippen LogP contribution in [0.4, 0.5) is 8.78 Å². The lowest BCUT2D eigenvalue weighted by Crippen LogP contribution is -2.37. The highest BCUT2D eigenvalue weighted by Crippen LogP contribution is 2.18. The molecule has 1 N–H and O–H groups in total. The van der Waals surface area contributed by atoms with Crippen molar-refractivity contribution in [3.05, 3.63) is 0 Å². The van der Waals surface area contributed by atoms with Crippen LogP contribution in [0.5, 0.6) is 0 Å². The summed E-state index contributed by atoms with van der Waals surface area (Å²) in [5.41, 5.74) is 0. The molecule has 1 fully saturated rings. The molecule has 0 spiro atoms. The Labute approximate surface area is 107 Å². The van der Waals surface area contributed by atoms with Crippen molar-refractivity contribution < 1.29 is 18.3 Å². The Morgan fingerprint density at radius 2 is 2.17 bits per heavy atom. The van der Waals surface area contributed by atoms with Crippen molar-refractivity contribution in [3.8, 4) is 0 Å². The maximum Gasteiger partial charge on any atom is 0.261 e. The molecule has 18 heavy (non-hydrogen) atoms. The van der Waals surface area contributed by atoms with Gasteiger partial charge in [-0.2, -0.15) is 0 Å². The topological polar surface area (TPSA) is 41.6 Å². The van der Waals surface area contributed by atoms with Crippen LogP contribution in [0.15, 0.2) is 0 Å². The fourth-order valence-corrected chi connectivity index (χ4v) is 2.07. The van der Waals surface area contributed by atoms with Gasteiger partial charge < -0.3 is 9.64 Å². The van der Waals surface area contributed by atoms with Gasteiger partial charge in [0.1, 0.15) is 6.61 Å². The van der Waals surface area contributed by atoms with Crippen LogP contribution < -0.4 is 5.32 Å². The monoisotopic (exact) mass is 264 g/mol. The fourth-order valence-electron chi connectivity index (χ4n) is 2.07. The quantitative estimate of drug-likeness (QED) is 0.708. The van der Waals surface area contributed by atoms with Gasteiger partial charge in [-0.1, -0.05) is 20.3 Å². The van der Waals surface area contributed by atoms with Gasteiger partial charge in [-0.25, -0.2) is 8.78 Å². The number of rotatable bonds is 7. The smallest absolute Gasteiger partial charge is 0.261 e. The van der Waals surface area contributed by atoms with Gasteiger partial charge >= 0.3 is 0 Å². The van der Waals surface area contributed by atoms with Crippen LogP contribution in [0.1, 0.15) is 27.2 Å². The molecule has 0 saturated carbocycles. The number of amides is 1. The maximum absolute atomic E-state index is 12.1. The highest BCUT2D eigenvalue weighted by atomic mass is 19.3. The molecule has 1 aliphatic heterocycles. The largest absolute Gasteiger partial charge is 0.374 e. The molecule has 0 bridgehead atoms. The van der Waals surface area contributed by atoms with E-state index in [0.29, 0.717) is 6.54 Å². The third-order valence-corrected chi connectivity index (χ3v) is 3.37. The second-order valence-corrected chi connectivity index (χ2v) is 4.70. The number of hydrogen-bond donors (Lipinski definition) is 1. The predicted molar refractivity (Wildman–Crippen MR) is 64.4 cm³/mol. The first-order chi connectivity index (χ1) is 8.47. The molecule has 3 atom stereocenters. The molecule has 0 aromatic heterocycles. The summed E-state index contributed by atoms with van der Waals surface area (Å²) in [6.07, 6.45) is -1.60. The summed E-state index contributed by atoms with van der Waals surface area (Å²) in [5.74, 6) is 0.310. The molecule has 3 unspecified atom stereocenters. The number of halogens is 2. The van der Waals surface area contributed by atoms with Crippen molar-refractivity contribution in [3.63, 3.8) is 0 Å². The lowest BCUT2D eigenvalue weighted by atomic mass is 9.99. The number of hydrogen-bond acceptors (Lipinski definition) is 3. The highest BCUT2D eigenvalue weighted by molar-refractivity contribution is 5.84. The lowest BCUT2D eigenvalue weighted by molar-refractivity contribution is -0.131. The van der Waals surface area contributed by atoms with E-state index < -0.39 is 13.0 Å². The van der Waals surface area contributed by atoms with Crippen molar-refractivity contribution >= 4 is 5.91 Å². The molecule has 1 rings (SSSR count). The van der Waals surface area contributed by atoms with E-state index in [9.17, 15) is 13.6 Å². The zero-order valence-corrected chi connectivity index (χ0v) is 11.2. The predicted octanol–water partition coefficient (Wildman–Crippen LogP) is 1.46. The first-order valence-corrected chi connectivity index (χ1v) is 6.39. The summed E-state index contributed by atoms with van der Waals surface area (Å²) in [4.78, 5) is 13.8. The number of carbonyl (C=O) groups excluding carboxylic acids is 1. The second kappa shape index (κ2) is 6.99. The number of ether oxygens (including phenoxy) is 1. The molecule has 0 aromatic rings. The van der Waals surface area contributed by atoms with E-state index in [0.717, 1.165) is 6.42 Å². The molecule has 1 saturated heterocycles. The van der Waals surface area contributed by atoms with Gasteiger partial charge in [-0.15, -0.1) is 0 Å². The van der Waals surface area contributed by atoms with Gasteiger partial charge in [0.15, 0.2) is 0 Å². The highest BCUT2D eigenvalue weighted by Gasteiger charge is 2.38. The van der Waals surface area contributed by atoms with Crippen LogP contribution in [0.25, 0.3) is 0 Å². The summed E-state index contributed by atoms with van der Waals surface area (Å²) in [6.45, 7) is 5.89. The van der Waals surface area contributed by atoms with E-state index in [2.05, 4.69) is 5.32 Å². The molecular formula is C12H22F2N2O2. The van der Waals surface area contributed by atoms with Gasteiger partial charge in [0.25, 0.3) is 6.43 Å². The van der Waals surface area contributed by atoms with E-state index in [-0.39, 0.29) is 30.6 Å². The van der Waals surface area contributed by atoms with Gasteiger partial charge in [0.2, 0.25) is 5.91 Å². The minimum Gasteiger partial charge on any atom is -0.374 e. The average molecular weight is 264 g/mol. The van der Waals surface area contributed by atoms with Crippen molar-refractivity contribution in [1.82, 2.24) is 10.2 Å². The Morgan fingerprint density at radius 1 is 1.50 bits per heavy atom. The first kappa shape index (κ1) is 15.3. The van der Waals surface area contributed by atoms with Gasteiger partial charge in [-0.3, -0.25) is 10.1 Å². The van der Waals surface area contributed by atoms with Gasteiger partial charge in [0, 0.05) is 6.54 Å². The summed E-state index contributed by atoms with van der Waals surface area (Å²) in [7, 11) is 0. The van der Waals surface area contributed by atoms with E-state index >= 15 is 0 Å². The Balaban J connectivity index is 2.39. The third-order valence-electron chi connectivity index (χ3n) is 3.37. The van der Waals surface area contributed by atoms with Crippen LogP contribution in [0, 0.1) is 5.92 Å². The van der Waals surface area contributed by atoms with Crippen molar-refractivity contribution in [2.75, 3.05) is 19.8 Å². The summed E-state index contributed by atoms with van der Waals surface area (Å²) < 4.78 is 28.6. The van der Waals surface area contributed by atoms with Crippen molar-refractivity contribution in [1.29, 1.82) is 0 Å². The number of nitrogens with zero attached hydrogens (tertiary/aromatic N) is 1. The Hall–Kier alpha value is -0.750. The average Bonchev–Trinajstić information content (AvgIpc) is 2.60. The van der Waals surface area contributed by atoms with Crippen LogP contribution in [0.2, 0.25) is 0 Å². The van der Waals surface area contributed by atoms with Crippen LogP contribution in [-0.2, 0) is 9.53 Å². The van der Waals surface area contributed by atoms with Crippen LogP contribution in [0.3, 0.4) is 0 Å². The Morgan fingerprint density at radius 3 is 2.72 bits per heavy atom. The Kier molecular flexibility index (Phi) is 5.95. The molecule has 0 aromatic carbocycles. The van der Waals surface area contributed by atoms with Crippen molar-refractivity contribution in [2.45, 2.75) is 45.8 Å². The molecule has 0 aliphatic carbocycles. The maximum atomic E-state index is 12.1. The standard InChI is InChI=1S/C12H22F2N2O2/c1-4-8(2)11-12(17)16(9(3)15-11)5-6-18-7-10(13)14/h8-11,15H,4-7H2,1-3H3. The Bertz CT molecular complexity index is 277. The van der Waals surface area contributed by atoms with E-state index in [1.54, 1.807) is 4.90 Å². The van der Waals surface area contributed by atoms with E-state index in [1.165, 1.54) is 0 Å². The molecule has 6 heteroatoms. The SMILES string of the molecule is CCC(C)C1NC(C)N(CCOCC(F)F)C1=O. The first-order valence-electron chi connectivity index (χ1n) is 6.39. The van der Waals surface area contributed by atoms with Gasteiger partial charge in [0.05, 0.1) is 18.8 Å². The molecule has 1 aliphatic rings. The molecule has 0 radical (unpaired) electrons. The van der Waals surface area contributed by atoms with E-state index in [1.807, 2.05) is 20.8 Å². The number of carbonyl (C=O) groups is 1. The lowest BCUT2D eigenvalue weighted by Gasteiger charge is -2.20. The third kappa shape index (κ3) is 3.88. The molecular weight excluding hydrogens is 242 g/mol. The van der Waals surface area contributed by atoms with Crippen LogP contribution >= 0.6 is 0 Å². The summed E-state index contributed by atoms with van der Waals surface area (Å²) in [5, 5.41) is 3.23. The molecule has 1 heterocycles. The number of nitrogens with one attached hydrogen (secondary N) is 1. The number of alkyl halides is 2. The molecule has 106 valence electrons. The zero-order valence-electron chi connectivity index (χ0n) is 11.2. The summed E-state index contributed by atoms with van der Waals surface area (Å²) >= 11 is 0. The van der Waals surface area contributed by atoms with Crippen molar-refractivity contribution in [2.24, 2.45) is 5.92 Å². The van der Waals surface area contributed by atoms with Crippen LogP contribution in [-0.4, -0.2) is 49.2 Å². The zero-order chi connectivity index (χ0) is 13.7. The molecule has 4 nitrogen and oxygen atoms in total. The normalized spacial score (nSPS) is 26.1. The van der Waals surface area contributed by atoms with E-state index in [4.69, 9.17) is 4.74 Å². The minimum absolute atomic E-state index is 0.0393. The fraction of sp³-hybridized carbons (Fsp3) is 0.917. The minimum atomic E-state index is -2.46. The summed E-state index contributed by atoms with van der Waals surface area (Å²) in [6, 6.07) is -0.167. The molecule has 1 amide bonds. The van der Waals surface area contributed by atoms with Gasteiger partial charge in [-0.05, 0) is 12.8 Å². The second-order valence-electron chi connectivity index (χ2n) is 4.70.